The third-order valence-electron chi connectivity index (χ3n) is 3.47. The van der Waals surface area contributed by atoms with Gasteiger partial charge in [-0.3, -0.25) is 4.79 Å². The van der Waals surface area contributed by atoms with Gasteiger partial charge in [-0.2, -0.15) is 0 Å². The molecule has 0 aliphatic rings. The highest BCUT2D eigenvalue weighted by Gasteiger charge is 2.15. The molecule has 0 saturated heterocycles. The van der Waals surface area contributed by atoms with Crippen molar-refractivity contribution in [3.63, 3.8) is 0 Å². The van der Waals surface area contributed by atoms with E-state index in [0.717, 1.165) is 11.1 Å². The van der Waals surface area contributed by atoms with E-state index in [4.69, 9.17) is 11.6 Å². The van der Waals surface area contributed by atoms with Gasteiger partial charge in [-0.15, -0.1) is 0 Å². The van der Waals surface area contributed by atoms with Crippen molar-refractivity contribution in [2.75, 3.05) is 5.32 Å². The van der Waals surface area contributed by atoms with Crippen molar-refractivity contribution < 1.29 is 9.90 Å². The summed E-state index contributed by atoms with van der Waals surface area (Å²) in [7, 11) is 0. The van der Waals surface area contributed by atoms with Crippen molar-refractivity contribution in [1.82, 2.24) is 5.32 Å². The molecule has 0 spiro atoms. The standard InChI is InChI=1S/C19H23ClN2O2/c1-12(23)22-16-9-14(11-21-19(2,3)4)18(24)17(10-16)13-5-7-15(20)8-6-13/h5-10,21,24H,11H2,1-4H3,(H,22,23). The van der Waals surface area contributed by atoms with E-state index in [1.54, 1.807) is 24.3 Å². The first-order valence-corrected chi connectivity index (χ1v) is 8.18. The Morgan fingerprint density at radius 3 is 2.33 bits per heavy atom. The number of aromatic hydroxyl groups is 1. The Balaban J connectivity index is 2.47. The number of nitrogens with one attached hydrogen (secondary N) is 2. The molecular weight excluding hydrogens is 324 g/mol. The second kappa shape index (κ2) is 7.24. The van der Waals surface area contributed by atoms with Crippen LogP contribution in [0.4, 0.5) is 5.69 Å². The predicted molar refractivity (Wildman–Crippen MR) is 99.4 cm³/mol. The molecule has 0 saturated carbocycles. The van der Waals surface area contributed by atoms with Crippen LogP contribution in [0.3, 0.4) is 0 Å². The monoisotopic (exact) mass is 346 g/mol. The second-order valence-corrected chi connectivity index (χ2v) is 7.26. The van der Waals surface area contributed by atoms with Crippen molar-refractivity contribution in [3.05, 3.63) is 47.0 Å². The zero-order valence-corrected chi connectivity index (χ0v) is 15.2. The summed E-state index contributed by atoms with van der Waals surface area (Å²) in [6.45, 7) is 8.12. The summed E-state index contributed by atoms with van der Waals surface area (Å²) < 4.78 is 0. The van der Waals surface area contributed by atoms with Gasteiger partial charge in [0.05, 0.1) is 0 Å². The molecule has 0 atom stereocenters. The smallest absolute Gasteiger partial charge is 0.221 e. The van der Waals surface area contributed by atoms with Crippen LogP contribution < -0.4 is 10.6 Å². The lowest BCUT2D eigenvalue weighted by molar-refractivity contribution is -0.114. The Morgan fingerprint density at radius 2 is 1.79 bits per heavy atom. The van der Waals surface area contributed by atoms with Crippen LogP contribution in [0.15, 0.2) is 36.4 Å². The number of benzene rings is 2. The summed E-state index contributed by atoms with van der Waals surface area (Å²) in [4.78, 5) is 11.4. The molecule has 0 fully saturated rings. The molecule has 3 N–H and O–H groups in total. The largest absolute Gasteiger partial charge is 0.507 e. The number of hydrogen-bond donors (Lipinski definition) is 3. The maximum atomic E-state index is 11.4. The fourth-order valence-electron chi connectivity index (χ4n) is 2.31. The van der Waals surface area contributed by atoms with E-state index < -0.39 is 0 Å². The van der Waals surface area contributed by atoms with Gasteiger partial charge >= 0.3 is 0 Å². The normalized spacial score (nSPS) is 11.4. The molecule has 24 heavy (non-hydrogen) atoms. The van der Waals surface area contributed by atoms with E-state index in [9.17, 15) is 9.90 Å². The lowest BCUT2D eigenvalue weighted by Crippen LogP contribution is -2.35. The first kappa shape index (κ1) is 18.3. The van der Waals surface area contributed by atoms with Crippen LogP contribution in [-0.4, -0.2) is 16.6 Å². The summed E-state index contributed by atoms with van der Waals surface area (Å²) in [5.74, 6) is 0.0423. The van der Waals surface area contributed by atoms with E-state index in [-0.39, 0.29) is 17.2 Å². The molecule has 0 unspecified atom stereocenters. The van der Waals surface area contributed by atoms with E-state index >= 15 is 0 Å². The number of rotatable bonds is 4. The number of anilines is 1. The van der Waals surface area contributed by atoms with Gasteiger partial charge in [0.15, 0.2) is 0 Å². The van der Waals surface area contributed by atoms with Crippen molar-refractivity contribution in [2.24, 2.45) is 0 Å². The van der Waals surface area contributed by atoms with Crippen LogP contribution >= 0.6 is 11.6 Å². The van der Waals surface area contributed by atoms with Crippen molar-refractivity contribution in [2.45, 2.75) is 39.8 Å². The maximum Gasteiger partial charge on any atom is 0.221 e. The summed E-state index contributed by atoms with van der Waals surface area (Å²) >= 11 is 5.94. The molecule has 2 rings (SSSR count). The lowest BCUT2D eigenvalue weighted by atomic mass is 9.99. The molecule has 0 aromatic heterocycles. The number of hydrogen-bond acceptors (Lipinski definition) is 3. The summed E-state index contributed by atoms with van der Waals surface area (Å²) in [5.41, 5.74) is 2.78. The first-order chi connectivity index (χ1) is 11.2. The Kier molecular flexibility index (Phi) is 5.52. The SMILES string of the molecule is CC(=O)Nc1cc(CNC(C)(C)C)c(O)c(-c2ccc(Cl)cc2)c1. The molecule has 0 aliphatic heterocycles. The number of amides is 1. The van der Waals surface area contributed by atoms with Gasteiger partial charge in [-0.05, 0) is 50.6 Å². The maximum absolute atomic E-state index is 11.4. The van der Waals surface area contributed by atoms with Gasteiger partial charge in [0.1, 0.15) is 5.75 Å². The number of carbonyl (C=O) groups is 1. The van der Waals surface area contributed by atoms with E-state index in [0.29, 0.717) is 22.8 Å². The number of halogens is 1. The van der Waals surface area contributed by atoms with Crippen LogP contribution in [0, 0.1) is 0 Å². The topological polar surface area (TPSA) is 61.4 Å². The molecule has 4 nitrogen and oxygen atoms in total. The minimum absolute atomic E-state index is 0.0864. The number of phenols is 1. The summed E-state index contributed by atoms with van der Waals surface area (Å²) in [6.07, 6.45) is 0. The number of carbonyl (C=O) groups excluding carboxylic acids is 1. The average Bonchev–Trinajstić information content (AvgIpc) is 2.47. The lowest BCUT2D eigenvalue weighted by Gasteiger charge is -2.22. The summed E-state index contributed by atoms with van der Waals surface area (Å²) in [6, 6.07) is 10.8. The van der Waals surface area contributed by atoms with Crippen LogP contribution in [-0.2, 0) is 11.3 Å². The second-order valence-electron chi connectivity index (χ2n) is 6.82. The van der Waals surface area contributed by atoms with Gasteiger partial charge < -0.3 is 15.7 Å². The zero-order valence-electron chi connectivity index (χ0n) is 14.4. The Hall–Kier alpha value is -2.04. The minimum atomic E-state index is -0.155. The molecule has 2 aromatic rings. The third kappa shape index (κ3) is 4.98. The van der Waals surface area contributed by atoms with E-state index in [2.05, 4.69) is 31.4 Å². The molecule has 128 valence electrons. The Bertz CT molecular complexity index is 734. The van der Waals surface area contributed by atoms with Crippen molar-refractivity contribution in [1.29, 1.82) is 0 Å². The molecule has 5 heteroatoms. The fraction of sp³-hybridized carbons (Fsp3) is 0.316. The highest BCUT2D eigenvalue weighted by atomic mass is 35.5. The molecular formula is C19H23ClN2O2. The van der Waals surface area contributed by atoms with Crippen LogP contribution in [0.2, 0.25) is 5.02 Å². The first-order valence-electron chi connectivity index (χ1n) is 7.80. The third-order valence-corrected chi connectivity index (χ3v) is 3.73. The van der Waals surface area contributed by atoms with Gasteiger partial charge in [0.25, 0.3) is 0 Å². The fourth-order valence-corrected chi connectivity index (χ4v) is 2.44. The highest BCUT2D eigenvalue weighted by Crippen LogP contribution is 2.36. The van der Waals surface area contributed by atoms with Crippen LogP contribution in [0.25, 0.3) is 11.1 Å². The van der Waals surface area contributed by atoms with Crippen LogP contribution in [0.5, 0.6) is 5.75 Å². The highest BCUT2D eigenvalue weighted by molar-refractivity contribution is 6.30. The van der Waals surface area contributed by atoms with Crippen molar-refractivity contribution >= 4 is 23.2 Å². The van der Waals surface area contributed by atoms with E-state index in [1.807, 2.05) is 12.1 Å². The van der Waals surface area contributed by atoms with Gasteiger partial charge in [0.2, 0.25) is 5.91 Å². The molecule has 0 bridgehead atoms. The average molecular weight is 347 g/mol. The van der Waals surface area contributed by atoms with Crippen LogP contribution in [0.1, 0.15) is 33.3 Å². The summed E-state index contributed by atoms with van der Waals surface area (Å²) in [5, 5.41) is 17.5. The molecule has 2 aromatic carbocycles. The van der Waals surface area contributed by atoms with Gasteiger partial charge in [-0.25, -0.2) is 0 Å². The number of phenolic OH excluding ortho intramolecular Hbond substituents is 1. The minimum Gasteiger partial charge on any atom is -0.507 e. The Morgan fingerprint density at radius 1 is 1.17 bits per heavy atom. The zero-order chi connectivity index (χ0) is 17.9. The van der Waals surface area contributed by atoms with Gasteiger partial charge in [-0.1, -0.05) is 23.7 Å². The van der Waals surface area contributed by atoms with E-state index in [1.165, 1.54) is 6.92 Å². The quantitative estimate of drug-likeness (QED) is 0.711. The van der Waals surface area contributed by atoms with Gasteiger partial charge in [0, 0.05) is 40.8 Å². The van der Waals surface area contributed by atoms with Crippen molar-refractivity contribution in [3.8, 4) is 16.9 Å². The molecule has 0 radical (unpaired) electrons. The molecule has 0 aliphatic carbocycles. The Labute approximate surface area is 147 Å². The molecule has 0 heterocycles. The molecule has 1 amide bonds. The predicted octanol–water partition coefficient (Wildman–Crippen LogP) is 4.56.